The average Bonchev–Trinajstić information content (AvgIpc) is 2.80. The van der Waals surface area contributed by atoms with Crippen molar-refractivity contribution in [2.45, 2.75) is 50.2 Å². The third kappa shape index (κ3) is 2.67. The van der Waals surface area contributed by atoms with Gasteiger partial charge in [-0.1, -0.05) is 25.0 Å². The largest absolute Gasteiger partial charge is 0.489 e. The van der Waals surface area contributed by atoms with Crippen LogP contribution in [-0.2, 0) is 4.74 Å². The van der Waals surface area contributed by atoms with Gasteiger partial charge < -0.3 is 9.47 Å². The van der Waals surface area contributed by atoms with Crippen molar-refractivity contribution in [1.29, 1.82) is 0 Å². The van der Waals surface area contributed by atoms with Gasteiger partial charge in [0.1, 0.15) is 11.9 Å². The lowest BCUT2D eigenvalue weighted by Gasteiger charge is -2.38. The maximum absolute atomic E-state index is 6.19. The molecule has 3 rings (SSSR count). The first-order valence-electron chi connectivity index (χ1n) is 6.83. The first-order chi connectivity index (χ1) is 8.77. The summed E-state index contributed by atoms with van der Waals surface area (Å²) in [5.74, 6) is 1.03. The molecule has 0 radical (unpaired) electrons. The Kier molecular flexibility index (Phi) is 3.80. The van der Waals surface area contributed by atoms with Gasteiger partial charge in [-0.2, -0.15) is 0 Å². The van der Waals surface area contributed by atoms with Crippen molar-refractivity contribution in [3.8, 4) is 5.75 Å². The highest BCUT2D eigenvalue weighted by atomic mass is 127. The van der Waals surface area contributed by atoms with Crippen LogP contribution in [0.15, 0.2) is 24.3 Å². The molecular weight excluding hydrogens is 339 g/mol. The van der Waals surface area contributed by atoms with E-state index in [-0.39, 0.29) is 5.60 Å². The first-order valence-corrected chi connectivity index (χ1v) is 7.90. The Morgan fingerprint density at radius 3 is 2.78 bits per heavy atom. The van der Waals surface area contributed by atoms with E-state index in [1.165, 1.54) is 29.3 Å². The lowest BCUT2D eigenvalue weighted by molar-refractivity contribution is -0.108. The van der Waals surface area contributed by atoms with Crippen LogP contribution in [0.4, 0.5) is 0 Å². The number of hydrogen-bond acceptors (Lipinski definition) is 2. The molecule has 18 heavy (non-hydrogen) atoms. The summed E-state index contributed by atoms with van der Waals surface area (Å²) >= 11 is 2.34. The monoisotopic (exact) mass is 358 g/mol. The fourth-order valence-electron chi connectivity index (χ4n) is 3.17. The first kappa shape index (κ1) is 12.7. The van der Waals surface area contributed by atoms with E-state index in [2.05, 4.69) is 40.8 Å². The predicted octanol–water partition coefficient (Wildman–Crippen LogP) is 4.16. The number of ether oxygens (including phenoxy) is 2. The van der Waals surface area contributed by atoms with E-state index in [1.54, 1.807) is 0 Å². The summed E-state index contributed by atoms with van der Waals surface area (Å²) in [6.07, 6.45) is 7.49. The van der Waals surface area contributed by atoms with Crippen molar-refractivity contribution >= 4 is 22.6 Å². The zero-order valence-electron chi connectivity index (χ0n) is 10.5. The molecule has 98 valence electrons. The van der Waals surface area contributed by atoms with E-state index < -0.39 is 0 Å². The molecule has 1 aliphatic carbocycles. The highest BCUT2D eigenvalue weighted by Crippen LogP contribution is 2.41. The third-order valence-electron chi connectivity index (χ3n) is 4.09. The van der Waals surface area contributed by atoms with Gasteiger partial charge in [0.15, 0.2) is 0 Å². The van der Waals surface area contributed by atoms with Gasteiger partial charge in [-0.25, -0.2) is 0 Å². The normalized spacial score (nSPS) is 26.4. The lowest BCUT2D eigenvalue weighted by atomic mass is 9.90. The molecule has 2 aliphatic rings. The Morgan fingerprint density at radius 1 is 1.22 bits per heavy atom. The molecule has 1 aromatic rings. The van der Waals surface area contributed by atoms with Gasteiger partial charge in [-0.3, -0.25) is 0 Å². The van der Waals surface area contributed by atoms with Crippen LogP contribution in [0.2, 0.25) is 0 Å². The maximum Gasteiger partial charge on any atom is 0.133 e. The smallest absolute Gasteiger partial charge is 0.133 e. The molecule has 0 N–H and O–H groups in total. The van der Waals surface area contributed by atoms with E-state index in [9.17, 15) is 0 Å². The van der Waals surface area contributed by atoms with Crippen LogP contribution in [0.25, 0.3) is 0 Å². The molecule has 1 spiro atoms. The summed E-state index contributed by atoms with van der Waals surface area (Å²) in [6, 6.07) is 8.26. The molecule has 1 aromatic carbocycles. The SMILES string of the molecule is Ic1ccccc1OC1CCOC2(CCCC2)C1. The Labute approximate surface area is 122 Å². The second-order valence-corrected chi connectivity index (χ2v) is 6.56. The Hall–Kier alpha value is -0.290. The summed E-state index contributed by atoms with van der Waals surface area (Å²) in [5, 5.41) is 0. The molecule has 1 saturated heterocycles. The van der Waals surface area contributed by atoms with Crippen molar-refractivity contribution in [3.05, 3.63) is 27.8 Å². The van der Waals surface area contributed by atoms with Gasteiger partial charge in [0.05, 0.1) is 15.8 Å². The molecule has 0 bridgehead atoms. The number of hydrogen-bond donors (Lipinski definition) is 0. The second-order valence-electron chi connectivity index (χ2n) is 5.40. The van der Waals surface area contributed by atoms with Crippen molar-refractivity contribution in [2.75, 3.05) is 6.61 Å². The van der Waals surface area contributed by atoms with Crippen molar-refractivity contribution in [1.82, 2.24) is 0 Å². The van der Waals surface area contributed by atoms with Crippen LogP contribution < -0.4 is 4.74 Å². The third-order valence-corrected chi connectivity index (χ3v) is 4.98. The van der Waals surface area contributed by atoms with Crippen molar-refractivity contribution in [2.24, 2.45) is 0 Å². The minimum Gasteiger partial charge on any atom is -0.489 e. The van der Waals surface area contributed by atoms with Crippen LogP contribution >= 0.6 is 22.6 Å². The van der Waals surface area contributed by atoms with Crippen LogP contribution in [0.3, 0.4) is 0 Å². The number of halogens is 1. The lowest BCUT2D eigenvalue weighted by Crippen LogP contribution is -2.41. The van der Waals surface area contributed by atoms with E-state index in [0.29, 0.717) is 6.10 Å². The molecule has 2 nitrogen and oxygen atoms in total. The van der Waals surface area contributed by atoms with Crippen LogP contribution in [-0.4, -0.2) is 18.3 Å². The number of rotatable bonds is 2. The Morgan fingerprint density at radius 2 is 2.00 bits per heavy atom. The van der Waals surface area contributed by atoms with Crippen LogP contribution in [0.5, 0.6) is 5.75 Å². The van der Waals surface area contributed by atoms with Crippen molar-refractivity contribution in [3.63, 3.8) is 0 Å². The Balaban J connectivity index is 1.68. The zero-order chi connectivity index (χ0) is 12.4. The summed E-state index contributed by atoms with van der Waals surface area (Å²) in [5.41, 5.74) is 0.142. The number of para-hydroxylation sites is 1. The zero-order valence-corrected chi connectivity index (χ0v) is 12.7. The molecule has 0 amide bonds. The van der Waals surface area contributed by atoms with E-state index in [0.717, 1.165) is 25.2 Å². The van der Waals surface area contributed by atoms with Crippen molar-refractivity contribution < 1.29 is 9.47 Å². The molecule has 1 aliphatic heterocycles. The fraction of sp³-hybridized carbons (Fsp3) is 0.600. The molecule has 1 atom stereocenters. The molecule has 3 heteroatoms. The summed E-state index contributed by atoms with van der Waals surface area (Å²) in [7, 11) is 0. The minimum atomic E-state index is 0.142. The van der Waals surface area contributed by atoms with Gasteiger partial charge in [-0.15, -0.1) is 0 Å². The topological polar surface area (TPSA) is 18.5 Å². The highest BCUT2D eigenvalue weighted by molar-refractivity contribution is 14.1. The minimum absolute atomic E-state index is 0.142. The Bertz CT molecular complexity index is 413. The van der Waals surface area contributed by atoms with E-state index >= 15 is 0 Å². The molecule has 1 saturated carbocycles. The average molecular weight is 358 g/mol. The van der Waals surface area contributed by atoms with Crippen LogP contribution in [0, 0.1) is 3.57 Å². The number of benzene rings is 1. The summed E-state index contributed by atoms with van der Waals surface area (Å²) in [4.78, 5) is 0. The standard InChI is InChI=1S/C15H19IO2/c16-13-5-1-2-6-14(13)18-12-7-10-17-15(11-12)8-3-4-9-15/h1-2,5-6,12H,3-4,7-11H2. The molecule has 1 unspecified atom stereocenters. The fourth-order valence-corrected chi connectivity index (χ4v) is 3.69. The van der Waals surface area contributed by atoms with Gasteiger partial charge in [-0.05, 0) is 47.6 Å². The van der Waals surface area contributed by atoms with Gasteiger partial charge >= 0.3 is 0 Å². The molecule has 2 fully saturated rings. The van der Waals surface area contributed by atoms with Gasteiger partial charge in [0.2, 0.25) is 0 Å². The predicted molar refractivity (Wildman–Crippen MR) is 80.0 cm³/mol. The van der Waals surface area contributed by atoms with Gasteiger partial charge in [0, 0.05) is 12.8 Å². The molecule has 1 heterocycles. The highest BCUT2D eigenvalue weighted by Gasteiger charge is 2.40. The van der Waals surface area contributed by atoms with Gasteiger partial charge in [0.25, 0.3) is 0 Å². The van der Waals surface area contributed by atoms with E-state index in [1.807, 2.05) is 6.07 Å². The quantitative estimate of drug-likeness (QED) is 0.739. The molecule has 0 aromatic heterocycles. The second kappa shape index (κ2) is 5.37. The van der Waals surface area contributed by atoms with Crippen LogP contribution in [0.1, 0.15) is 38.5 Å². The molecular formula is C15H19IO2. The summed E-state index contributed by atoms with van der Waals surface area (Å²) in [6.45, 7) is 0.855. The maximum atomic E-state index is 6.19. The summed E-state index contributed by atoms with van der Waals surface area (Å²) < 4.78 is 13.4. The van der Waals surface area contributed by atoms with E-state index in [4.69, 9.17) is 9.47 Å².